The van der Waals surface area contributed by atoms with Gasteiger partial charge in [-0.25, -0.2) is 9.18 Å². The molecule has 28 heavy (non-hydrogen) atoms. The number of piperazine rings is 1. The molecule has 1 unspecified atom stereocenters. The molecule has 0 bridgehead atoms. The molecule has 146 valence electrons. The van der Waals surface area contributed by atoms with Gasteiger partial charge in [-0.1, -0.05) is 40.2 Å². The van der Waals surface area contributed by atoms with Crippen LogP contribution in [0, 0.1) is 5.82 Å². The van der Waals surface area contributed by atoms with E-state index in [9.17, 15) is 14.0 Å². The van der Waals surface area contributed by atoms with Crippen LogP contribution in [0.2, 0.25) is 0 Å². The summed E-state index contributed by atoms with van der Waals surface area (Å²) >= 11 is 3.57. The summed E-state index contributed by atoms with van der Waals surface area (Å²) in [7, 11) is 0. The van der Waals surface area contributed by atoms with Crippen molar-refractivity contribution in [2.75, 3.05) is 26.2 Å². The molecule has 0 radical (unpaired) electrons. The van der Waals surface area contributed by atoms with E-state index in [1.807, 2.05) is 12.1 Å². The molecule has 1 aliphatic heterocycles. The third-order valence-corrected chi connectivity index (χ3v) is 6.21. The summed E-state index contributed by atoms with van der Waals surface area (Å²) in [5, 5.41) is 3.12. The number of hydrogen-bond donors (Lipinski definition) is 1. The molecule has 1 N–H and O–H groups in total. The summed E-state index contributed by atoms with van der Waals surface area (Å²) in [6.45, 7) is 1.66. The normalized spacial score (nSPS) is 18.7. The number of amides is 3. The summed E-state index contributed by atoms with van der Waals surface area (Å²) in [6, 6.07) is 12.0. The molecule has 0 aromatic heterocycles. The first-order valence-electron chi connectivity index (χ1n) is 9.41. The first-order valence-corrected chi connectivity index (χ1v) is 10.2. The predicted molar refractivity (Wildman–Crippen MR) is 108 cm³/mol. The largest absolute Gasteiger partial charge is 0.335 e. The Morgan fingerprint density at radius 1 is 1.00 bits per heavy atom. The molecule has 0 spiro atoms. The molecule has 1 fully saturated rings. The third kappa shape index (κ3) is 3.63. The van der Waals surface area contributed by atoms with Gasteiger partial charge in [-0.15, -0.1) is 0 Å². The maximum absolute atomic E-state index is 13.9. The Kier molecular flexibility index (Phi) is 5.35. The number of benzene rings is 2. The average molecular weight is 446 g/mol. The Balaban J connectivity index is 1.35. The van der Waals surface area contributed by atoms with Gasteiger partial charge in [0.15, 0.2) is 0 Å². The molecule has 2 aliphatic rings. The van der Waals surface area contributed by atoms with Crippen LogP contribution in [0.15, 0.2) is 46.9 Å². The minimum atomic E-state index is -0.515. The van der Waals surface area contributed by atoms with Gasteiger partial charge in [-0.3, -0.25) is 4.79 Å². The van der Waals surface area contributed by atoms with E-state index in [0.29, 0.717) is 26.2 Å². The lowest BCUT2D eigenvalue weighted by atomic mass is 10.1. The number of nitrogens with zero attached hydrogens (tertiary/aromatic N) is 2. The molecule has 7 heteroatoms. The topological polar surface area (TPSA) is 52.7 Å². The van der Waals surface area contributed by atoms with Crippen molar-refractivity contribution in [3.63, 3.8) is 0 Å². The van der Waals surface area contributed by atoms with Crippen molar-refractivity contribution in [3.8, 4) is 0 Å². The van der Waals surface area contributed by atoms with Crippen LogP contribution in [-0.2, 0) is 6.42 Å². The van der Waals surface area contributed by atoms with Gasteiger partial charge in [0.05, 0.1) is 11.6 Å². The van der Waals surface area contributed by atoms with Crippen molar-refractivity contribution in [1.29, 1.82) is 0 Å². The highest BCUT2D eigenvalue weighted by molar-refractivity contribution is 9.10. The zero-order valence-corrected chi connectivity index (χ0v) is 16.9. The van der Waals surface area contributed by atoms with E-state index in [4.69, 9.17) is 0 Å². The van der Waals surface area contributed by atoms with Crippen LogP contribution < -0.4 is 5.32 Å². The highest BCUT2D eigenvalue weighted by Crippen LogP contribution is 2.35. The molecule has 1 aliphatic carbocycles. The van der Waals surface area contributed by atoms with Crippen LogP contribution in [0.4, 0.5) is 9.18 Å². The van der Waals surface area contributed by atoms with Crippen molar-refractivity contribution in [2.45, 2.75) is 18.9 Å². The highest BCUT2D eigenvalue weighted by Gasteiger charge is 2.30. The van der Waals surface area contributed by atoms with Gasteiger partial charge >= 0.3 is 6.03 Å². The van der Waals surface area contributed by atoms with Crippen LogP contribution in [0.3, 0.4) is 0 Å². The van der Waals surface area contributed by atoms with Gasteiger partial charge in [0, 0.05) is 30.7 Å². The molecule has 5 nitrogen and oxygen atoms in total. The molecule has 4 rings (SSSR count). The van der Waals surface area contributed by atoms with E-state index in [0.717, 1.165) is 22.9 Å². The quantitative estimate of drug-likeness (QED) is 0.765. The van der Waals surface area contributed by atoms with Crippen LogP contribution in [0.5, 0.6) is 0 Å². The van der Waals surface area contributed by atoms with E-state index in [-0.39, 0.29) is 23.5 Å². The van der Waals surface area contributed by atoms with Crippen molar-refractivity contribution >= 4 is 27.9 Å². The van der Waals surface area contributed by atoms with Crippen LogP contribution >= 0.6 is 15.9 Å². The first kappa shape index (κ1) is 18.9. The summed E-state index contributed by atoms with van der Waals surface area (Å²) in [4.78, 5) is 28.5. The summed E-state index contributed by atoms with van der Waals surface area (Å²) in [5.74, 6) is -0.841. The van der Waals surface area contributed by atoms with Crippen LogP contribution in [-0.4, -0.2) is 47.9 Å². The Morgan fingerprint density at radius 3 is 2.46 bits per heavy atom. The standard InChI is InChI=1S/C21H21BrFN3O2/c22-17-6-3-5-15-14(17)8-9-19(15)24-21(28)26-12-10-25(11-13-26)20(27)16-4-1-2-7-18(16)23/h1-7,19H,8-13H2,(H,24,28). The molecule has 1 saturated heterocycles. The molecule has 1 heterocycles. The van der Waals surface area contributed by atoms with E-state index in [1.165, 1.54) is 17.7 Å². The Labute approximate surface area is 171 Å². The molecule has 2 aromatic carbocycles. The van der Waals surface area contributed by atoms with Crippen molar-refractivity contribution in [1.82, 2.24) is 15.1 Å². The number of halogens is 2. The number of nitrogens with one attached hydrogen (secondary N) is 1. The lowest BCUT2D eigenvalue weighted by molar-refractivity contribution is 0.0659. The molecular formula is C21H21BrFN3O2. The van der Waals surface area contributed by atoms with Gasteiger partial charge in [0.1, 0.15) is 5.82 Å². The predicted octanol–water partition coefficient (Wildman–Crippen LogP) is 3.74. The second-order valence-corrected chi connectivity index (χ2v) is 7.96. The van der Waals surface area contributed by atoms with Gasteiger partial charge < -0.3 is 15.1 Å². The van der Waals surface area contributed by atoms with Gasteiger partial charge in [0.2, 0.25) is 0 Å². The maximum atomic E-state index is 13.9. The molecule has 0 saturated carbocycles. The smallest absolute Gasteiger partial charge is 0.318 e. The number of urea groups is 1. The minimum absolute atomic E-state index is 0.0121. The summed E-state index contributed by atoms with van der Waals surface area (Å²) in [5.41, 5.74) is 2.50. The molecule has 3 amide bonds. The van der Waals surface area contributed by atoms with Crippen LogP contribution in [0.25, 0.3) is 0 Å². The average Bonchev–Trinajstić information content (AvgIpc) is 3.12. The summed E-state index contributed by atoms with van der Waals surface area (Å²) in [6.07, 6.45) is 1.82. The van der Waals surface area contributed by atoms with Gasteiger partial charge in [-0.2, -0.15) is 0 Å². The third-order valence-electron chi connectivity index (χ3n) is 5.47. The SMILES string of the molecule is O=C(NC1CCc2c(Br)cccc21)N1CCN(C(=O)c2ccccc2F)CC1. The van der Waals surface area contributed by atoms with Crippen molar-refractivity contribution in [2.24, 2.45) is 0 Å². The zero-order chi connectivity index (χ0) is 19.7. The number of rotatable bonds is 2. The van der Waals surface area contributed by atoms with E-state index >= 15 is 0 Å². The van der Waals surface area contributed by atoms with Crippen molar-refractivity contribution in [3.05, 3.63) is 69.4 Å². The fourth-order valence-corrected chi connectivity index (χ4v) is 4.50. The van der Waals surface area contributed by atoms with E-state index < -0.39 is 5.82 Å². The second-order valence-electron chi connectivity index (χ2n) is 7.11. The lowest BCUT2D eigenvalue weighted by Crippen LogP contribution is -2.53. The fourth-order valence-electron chi connectivity index (χ4n) is 3.92. The lowest BCUT2D eigenvalue weighted by Gasteiger charge is -2.35. The zero-order valence-electron chi connectivity index (χ0n) is 15.3. The minimum Gasteiger partial charge on any atom is -0.335 e. The second kappa shape index (κ2) is 7.91. The van der Waals surface area contributed by atoms with Crippen LogP contribution in [0.1, 0.15) is 33.9 Å². The van der Waals surface area contributed by atoms with Crippen molar-refractivity contribution < 1.29 is 14.0 Å². The van der Waals surface area contributed by atoms with Gasteiger partial charge in [0.25, 0.3) is 5.91 Å². The molecule has 1 atom stereocenters. The Morgan fingerprint density at radius 2 is 1.71 bits per heavy atom. The number of carbonyl (C=O) groups excluding carboxylic acids is 2. The molecule has 2 aromatic rings. The highest BCUT2D eigenvalue weighted by atomic mass is 79.9. The van der Waals surface area contributed by atoms with E-state index in [1.54, 1.807) is 21.9 Å². The number of hydrogen-bond acceptors (Lipinski definition) is 2. The molecular weight excluding hydrogens is 425 g/mol. The van der Waals surface area contributed by atoms with Gasteiger partial charge in [-0.05, 0) is 42.2 Å². The number of carbonyl (C=O) groups is 2. The maximum Gasteiger partial charge on any atom is 0.318 e. The first-order chi connectivity index (χ1) is 13.5. The monoisotopic (exact) mass is 445 g/mol. The Hall–Kier alpha value is -2.41. The van der Waals surface area contributed by atoms with E-state index in [2.05, 4.69) is 27.3 Å². The Bertz CT molecular complexity index is 912. The summed E-state index contributed by atoms with van der Waals surface area (Å²) < 4.78 is 14.9. The fraction of sp³-hybridized carbons (Fsp3) is 0.333. The number of fused-ring (bicyclic) bond motifs is 1.